The van der Waals surface area contributed by atoms with E-state index in [9.17, 15) is 0 Å². The molecule has 0 atom stereocenters. The topological polar surface area (TPSA) is 6.48 Å². The first-order valence-corrected chi connectivity index (χ1v) is 20.6. The molecule has 2 nitrogen and oxygen atoms in total. The predicted molar refractivity (Wildman–Crippen MR) is 230 cm³/mol. The third-order valence-corrected chi connectivity index (χ3v) is 13.9. The van der Waals surface area contributed by atoms with E-state index >= 15 is 0 Å². The van der Waals surface area contributed by atoms with Gasteiger partial charge in [-0.25, -0.2) is 0 Å². The van der Waals surface area contributed by atoms with Gasteiger partial charge in [0.05, 0.1) is 22.7 Å². The van der Waals surface area contributed by atoms with E-state index < -0.39 is 0 Å². The quantitative estimate of drug-likeness (QED) is 0.168. The van der Waals surface area contributed by atoms with Crippen LogP contribution < -0.4 is 9.80 Å². The summed E-state index contributed by atoms with van der Waals surface area (Å²) >= 11 is 5.68. The largest absolute Gasteiger partial charge is 0.301 e. The summed E-state index contributed by atoms with van der Waals surface area (Å²) in [6, 6.07) is 32.6. The first-order valence-electron chi connectivity index (χ1n) is 18.1. The van der Waals surface area contributed by atoms with E-state index in [1.807, 2.05) is 34.0 Å². The second kappa shape index (κ2) is 13.2. The fourth-order valence-electron chi connectivity index (χ4n) is 8.69. The van der Waals surface area contributed by atoms with Gasteiger partial charge in [0.2, 0.25) is 0 Å². The van der Waals surface area contributed by atoms with E-state index in [-0.39, 0.29) is 0 Å². The molecule has 0 amide bonds. The Morgan fingerprint density at radius 1 is 0.423 bits per heavy atom. The summed E-state index contributed by atoms with van der Waals surface area (Å²) in [4.78, 5) is 10.3. The average molecular weight is 735 g/mol. The van der Waals surface area contributed by atoms with Crippen molar-refractivity contribution in [2.45, 2.75) is 75.7 Å². The van der Waals surface area contributed by atoms with Crippen LogP contribution in [0.4, 0.5) is 32.8 Å². The third-order valence-electron chi connectivity index (χ3n) is 10.3. The van der Waals surface area contributed by atoms with Gasteiger partial charge in [-0.3, -0.25) is 0 Å². The fourth-order valence-corrected chi connectivity index (χ4v) is 11.9. The lowest BCUT2D eigenvalue weighted by atomic mass is 9.89. The standard InChI is InChI=1S/C47H46N2S3/c1-26-17-30(5)44(31(6)18-26)48(45-32(7)19-27(2)20-33(45)8)42-15-13-40(51-42)38-11-12-39(50-38)41-14-16-43(52-41)49-46-34(9)21-28(3)23-36(46)25-37-24-29(4)22-35(10)47(37)49/h11-24H,25H2,1-10H3. The molecule has 0 saturated heterocycles. The Balaban J connectivity index is 1.17. The molecule has 262 valence electrons. The smallest absolute Gasteiger partial charge is 0.101 e. The zero-order valence-electron chi connectivity index (χ0n) is 31.9. The van der Waals surface area contributed by atoms with Crippen LogP contribution in [0.2, 0.25) is 0 Å². The van der Waals surface area contributed by atoms with Gasteiger partial charge in [0.1, 0.15) is 10.0 Å². The molecule has 1 aliphatic rings. The maximum Gasteiger partial charge on any atom is 0.101 e. The Bertz CT molecular complexity index is 2360. The van der Waals surface area contributed by atoms with Gasteiger partial charge in [-0.05, 0) is 150 Å². The molecule has 0 bridgehead atoms. The van der Waals surface area contributed by atoms with E-state index in [0.717, 1.165) is 6.42 Å². The molecule has 5 heteroatoms. The third kappa shape index (κ3) is 6.03. The Labute approximate surface area is 321 Å². The summed E-state index contributed by atoms with van der Waals surface area (Å²) in [5.41, 5.74) is 21.2. The van der Waals surface area contributed by atoms with Crippen molar-refractivity contribution in [1.29, 1.82) is 0 Å². The number of anilines is 6. The molecule has 0 fully saturated rings. The Morgan fingerprint density at radius 3 is 1.31 bits per heavy atom. The van der Waals surface area contributed by atoms with Crippen LogP contribution in [0, 0.1) is 69.2 Å². The van der Waals surface area contributed by atoms with Crippen molar-refractivity contribution in [1.82, 2.24) is 0 Å². The molecule has 0 unspecified atom stereocenters. The van der Waals surface area contributed by atoms with Crippen LogP contribution >= 0.6 is 34.0 Å². The van der Waals surface area contributed by atoms with Gasteiger partial charge in [0, 0.05) is 25.9 Å². The Kier molecular flexibility index (Phi) is 8.81. The van der Waals surface area contributed by atoms with Crippen molar-refractivity contribution >= 4 is 66.8 Å². The molecule has 0 aliphatic carbocycles. The van der Waals surface area contributed by atoms with E-state index in [1.54, 1.807) is 0 Å². The number of benzene rings is 4. The molecule has 0 N–H and O–H groups in total. The molecular weight excluding hydrogens is 689 g/mol. The molecule has 4 heterocycles. The van der Waals surface area contributed by atoms with Crippen LogP contribution in [0.25, 0.3) is 19.5 Å². The minimum atomic E-state index is 0.977. The van der Waals surface area contributed by atoms with Crippen molar-refractivity contribution in [2.24, 2.45) is 0 Å². The molecule has 3 aromatic heterocycles. The maximum absolute atomic E-state index is 2.55. The molecular formula is C47H46N2S3. The minimum absolute atomic E-state index is 0.977. The summed E-state index contributed by atoms with van der Waals surface area (Å²) in [7, 11) is 0. The van der Waals surface area contributed by atoms with E-state index in [2.05, 4.69) is 164 Å². The zero-order valence-corrected chi connectivity index (χ0v) is 34.4. The van der Waals surface area contributed by atoms with E-state index in [0.29, 0.717) is 0 Å². The lowest BCUT2D eigenvalue weighted by Gasteiger charge is -2.35. The number of thiophene rings is 3. The molecule has 7 aromatic rings. The van der Waals surface area contributed by atoms with Crippen molar-refractivity contribution in [3.63, 3.8) is 0 Å². The number of fused-ring (bicyclic) bond motifs is 2. The molecule has 4 aromatic carbocycles. The van der Waals surface area contributed by atoms with Gasteiger partial charge in [0.15, 0.2) is 0 Å². The van der Waals surface area contributed by atoms with Crippen LogP contribution in [0.3, 0.4) is 0 Å². The van der Waals surface area contributed by atoms with E-state index in [1.165, 1.54) is 119 Å². The monoisotopic (exact) mass is 734 g/mol. The Morgan fingerprint density at radius 2 is 0.808 bits per heavy atom. The van der Waals surface area contributed by atoms with Crippen LogP contribution in [-0.2, 0) is 6.42 Å². The number of hydrogen-bond donors (Lipinski definition) is 0. The lowest BCUT2D eigenvalue weighted by Crippen LogP contribution is -2.20. The van der Waals surface area contributed by atoms with Crippen LogP contribution in [-0.4, -0.2) is 0 Å². The predicted octanol–water partition coefficient (Wildman–Crippen LogP) is 15.1. The molecule has 1 aliphatic heterocycles. The van der Waals surface area contributed by atoms with Gasteiger partial charge in [0.25, 0.3) is 0 Å². The lowest BCUT2D eigenvalue weighted by molar-refractivity contribution is 1.06. The van der Waals surface area contributed by atoms with Crippen molar-refractivity contribution in [3.8, 4) is 19.5 Å². The molecule has 52 heavy (non-hydrogen) atoms. The van der Waals surface area contributed by atoms with Crippen molar-refractivity contribution < 1.29 is 0 Å². The summed E-state index contributed by atoms with van der Waals surface area (Å²) in [5, 5.41) is 2.51. The highest BCUT2D eigenvalue weighted by atomic mass is 32.1. The molecule has 0 spiro atoms. The maximum atomic E-state index is 2.55. The normalized spacial score (nSPS) is 12.3. The van der Waals surface area contributed by atoms with Crippen molar-refractivity contribution in [3.05, 3.63) is 152 Å². The highest BCUT2D eigenvalue weighted by molar-refractivity contribution is 7.28. The highest BCUT2D eigenvalue weighted by Gasteiger charge is 2.29. The molecule has 8 rings (SSSR count). The molecule has 0 radical (unpaired) electrons. The number of nitrogens with zero attached hydrogens (tertiary/aromatic N) is 2. The van der Waals surface area contributed by atoms with Gasteiger partial charge in [-0.1, -0.05) is 70.8 Å². The summed E-state index contributed by atoms with van der Waals surface area (Å²) in [6.45, 7) is 22.4. The zero-order chi connectivity index (χ0) is 36.6. The van der Waals surface area contributed by atoms with Gasteiger partial charge < -0.3 is 9.80 Å². The van der Waals surface area contributed by atoms with Crippen LogP contribution in [0.1, 0.15) is 66.8 Å². The summed E-state index contributed by atoms with van der Waals surface area (Å²) in [6.07, 6.45) is 0.977. The first kappa shape index (κ1) is 34.7. The van der Waals surface area contributed by atoms with Crippen LogP contribution in [0.15, 0.2) is 84.9 Å². The second-order valence-corrected chi connectivity index (χ2v) is 18.2. The molecule has 0 saturated carbocycles. The summed E-state index contributed by atoms with van der Waals surface area (Å²) < 4.78 is 0. The minimum Gasteiger partial charge on any atom is -0.301 e. The first-order chi connectivity index (χ1) is 24.9. The number of aryl methyl sites for hydroxylation is 10. The summed E-state index contributed by atoms with van der Waals surface area (Å²) in [5.74, 6) is 0. The van der Waals surface area contributed by atoms with Gasteiger partial charge in [-0.15, -0.1) is 34.0 Å². The Hall–Kier alpha value is -4.42. The number of rotatable bonds is 6. The SMILES string of the molecule is Cc1cc(C)c(N(c2ccc(-c3ccc(-c4ccc(N5c6c(C)cc(C)cc6Cc6cc(C)cc(C)c65)s4)s3)s2)c2c(C)cc(C)cc2C)c(C)c1. The van der Waals surface area contributed by atoms with Gasteiger partial charge >= 0.3 is 0 Å². The highest BCUT2D eigenvalue weighted by Crippen LogP contribution is 2.52. The van der Waals surface area contributed by atoms with Crippen LogP contribution in [0.5, 0.6) is 0 Å². The fraction of sp³-hybridized carbons (Fsp3) is 0.234. The van der Waals surface area contributed by atoms with Gasteiger partial charge in [-0.2, -0.15) is 0 Å². The van der Waals surface area contributed by atoms with Crippen molar-refractivity contribution in [2.75, 3.05) is 9.80 Å². The second-order valence-electron chi connectivity index (χ2n) is 15.0. The average Bonchev–Trinajstić information content (AvgIpc) is 3.83. The van der Waals surface area contributed by atoms with E-state index in [4.69, 9.17) is 0 Å². The number of hydrogen-bond acceptors (Lipinski definition) is 5.